The van der Waals surface area contributed by atoms with Gasteiger partial charge in [-0.05, 0) is 12.5 Å². The molecule has 1 aliphatic rings. The Kier molecular flexibility index (Phi) is 4.60. The summed E-state index contributed by atoms with van der Waals surface area (Å²) in [5.41, 5.74) is 2.58. The van der Waals surface area contributed by atoms with Crippen LogP contribution in [-0.4, -0.2) is 29.5 Å². The minimum Gasteiger partial charge on any atom is -0.477 e. The number of nitrogens with one attached hydrogen (secondary N) is 2. The quantitative estimate of drug-likeness (QED) is 0.649. The summed E-state index contributed by atoms with van der Waals surface area (Å²) in [6.45, 7) is 2.23. The van der Waals surface area contributed by atoms with Crippen LogP contribution in [0.1, 0.15) is 22.2 Å². The van der Waals surface area contributed by atoms with Crippen molar-refractivity contribution in [3.8, 4) is 23.1 Å². The molecule has 8 heteroatoms. The number of aromatic nitrogens is 1. The Labute approximate surface area is 164 Å². The fourth-order valence-electron chi connectivity index (χ4n) is 3.16. The highest BCUT2D eigenvalue weighted by molar-refractivity contribution is 7.21. The predicted octanol–water partition coefficient (Wildman–Crippen LogP) is 3.95. The molecule has 0 spiro atoms. The molecular formula is C19H15ClN4O2S. The van der Waals surface area contributed by atoms with Crippen LogP contribution < -0.4 is 15.4 Å². The molecule has 0 saturated heterocycles. The molecule has 0 saturated carbocycles. The number of hydrogen-bond donors (Lipinski definition) is 2. The number of anilines is 1. The minimum atomic E-state index is -0.384. The third-order valence-electron chi connectivity index (χ3n) is 4.25. The summed E-state index contributed by atoms with van der Waals surface area (Å²) in [7, 11) is 0. The molecule has 0 radical (unpaired) electrons. The van der Waals surface area contributed by atoms with Gasteiger partial charge in [-0.2, -0.15) is 5.26 Å². The largest absolute Gasteiger partial charge is 0.477 e. The standard InChI is InChI=1S/C19H15ClN4O2S/c1-2-26-18-11(9-21)13(10-6-4-3-5-7-10)14-15-16(27-19(14)24-18)17(25)23-12(8-20)22-15/h3-7,12,22H,2,8H2,1H3,(H,23,25). The fourth-order valence-corrected chi connectivity index (χ4v) is 4.35. The van der Waals surface area contributed by atoms with Crippen molar-refractivity contribution in [2.45, 2.75) is 13.1 Å². The molecule has 3 heterocycles. The highest BCUT2D eigenvalue weighted by Gasteiger charge is 2.31. The van der Waals surface area contributed by atoms with E-state index in [2.05, 4.69) is 21.7 Å². The van der Waals surface area contributed by atoms with E-state index in [1.165, 1.54) is 11.3 Å². The number of carbonyl (C=O) groups is 1. The number of thiophene rings is 1. The first-order valence-corrected chi connectivity index (χ1v) is 9.75. The second kappa shape index (κ2) is 7.06. The Morgan fingerprint density at radius 3 is 2.78 bits per heavy atom. The van der Waals surface area contributed by atoms with Gasteiger partial charge in [0.05, 0.1) is 18.2 Å². The molecule has 0 bridgehead atoms. The third-order valence-corrected chi connectivity index (χ3v) is 5.64. The number of alkyl halides is 1. The Balaban J connectivity index is 2.10. The first kappa shape index (κ1) is 17.6. The van der Waals surface area contributed by atoms with Crippen molar-refractivity contribution in [3.05, 3.63) is 40.8 Å². The van der Waals surface area contributed by atoms with E-state index in [1.807, 2.05) is 37.3 Å². The topological polar surface area (TPSA) is 87.0 Å². The number of pyridine rings is 1. The molecule has 3 aromatic rings. The van der Waals surface area contributed by atoms with E-state index in [-0.39, 0.29) is 23.8 Å². The number of amides is 1. The van der Waals surface area contributed by atoms with Gasteiger partial charge in [-0.25, -0.2) is 4.98 Å². The van der Waals surface area contributed by atoms with Crippen molar-refractivity contribution in [3.63, 3.8) is 0 Å². The summed E-state index contributed by atoms with van der Waals surface area (Å²) in [5.74, 6) is 0.297. The molecule has 0 fully saturated rings. The van der Waals surface area contributed by atoms with Crippen LogP contribution in [0.3, 0.4) is 0 Å². The highest BCUT2D eigenvalue weighted by atomic mass is 35.5. The number of nitriles is 1. The van der Waals surface area contributed by atoms with Crippen LogP contribution in [0.15, 0.2) is 30.3 Å². The van der Waals surface area contributed by atoms with E-state index in [1.54, 1.807) is 0 Å². The molecule has 2 aromatic heterocycles. The van der Waals surface area contributed by atoms with Crippen LogP contribution in [-0.2, 0) is 0 Å². The monoisotopic (exact) mass is 398 g/mol. The van der Waals surface area contributed by atoms with Crippen molar-refractivity contribution in [1.82, 2.24) is 10.3 Å². The van der Waals surface area contributed by atoms with E-state index in [4.69, 9.17) is 16.3 Å². The summed E-state index contributed by atoms with van der Waals surface area (Å²) in [6.07, 6.45) is -0.384. The molecule has 1 atom stereocenters. The summed E-state index contributed by atoms with van der Waals surface area (Å²) < 4.78 is 5.63. The van der Waals surface area contributed by atoms with Crippen molar-refractivity contribution >= 4 is 44.7 Å². The lowest BCUT2D eigenvalue weighted by atomic mass is 9.97. The van der Waals surface area contributed by atoms with Gasteiger partial charge in [0.15, 0.2) is 0 Å². The number of halogens is 1. The number of fused-ring (bicyclic) bond motifs is 3. The zero-order valence-electron chi connectivity index (χ0n) is 14.4. The number of rotatable bonds is 4. The molecular weight excluding hydrogens is 384 g/mol. The lowest BCUT2D eigenvalue weighted by molar-refractivity contribution is 0.0944. The maximum absolute atomic E-state index is 12.5. The van der Waals surface area contributed by atoms with Crippen LogP contribution in [0, 0.1) is 11.3 Å². The van der Waals surface area contributed by atoms with E-state index >= 15 is 0 Å². The Morgan fingerprint density at radius 1 is 1.33 bits per heavy atom. The molecule has 1 unspecified atom stereocenters. The molecule has 6 nitrogen and oxygen atoms in total. The summed E-state index contributed by atoms with van der Waals surface area (Å²) in [4.78, 5) is 18.2. The average Bonchev–Trinajstić information content (AvgIpc) is 3.06. The van der Waals surface area contributed by atoms with Crippen molar-refractivity contribution in [2.24, 2.45) is 0 Å². The maximum atomic E-state index is 12.5. The Hall–Kier alpha value is -2.82. The van der Waals surface area contributed by atoms with Gasteiger partial charge in [-0.15, -0.1) is 22.9 Å². The maximum Gasteiger partial charge on any atom is 0.265 e. The van der Waals surface area contributed by atoms with Gasteiger partial charge < -0.3 is 15.4 Å². The van der Waals surface area contributed by atoms with Crippen molar-refractivity contribution in [1.29, 1.82) is 5.26 Å². The third kappa shape index (κ3) is 2.87. The van der Waals surface area contributed by atoms with Crippen LogP contribution in [0.25, 0.3) is 21.3 Å². The zero-order chi connectivity index (χ0) is 19.0. The van der Waals surface area contributed by atoms with E-state index < -0.39 is 0 Å². The van der Waals surface area contributed by atoms with Gasteiger partial charge in [0, 0.05) is 10.9 Å². The first-order valence-electron chi connectivity index (χ1n) is 8.40. The highest BCUT2D eigenvalue weighted by Crippen LogP contribution is 2.45. The fraction of sp³-hybridized carbons (Fsp3) is 0.211. The van der Waals surface area contributed by atoms with Gasteiger partial charge in [-0.1, -0.05) is 30.3 Å². The van der Waals surface area contributed by atoms with Crippen LogP contribution in [0.2, 0.25) is 0 Å². The van der Waals surface area contributed by atoms with Crippen molar-refractivity contribution < 1.29 is 9.53 Å². The lowest BCUT2D eigenvalue weighted by Crippen LogP contribution is -2.45. The number of hydrogen-bond acceptors (Lipinski definition) is 6. The molecule has 1 aromatic carbocycles. The minimum absolute atomic E-state index is 0.201. The first-order chi connectivity index (χ1) is 13.2. The van der Waals surface area contributed by atoms with Crippen LogP contribution >= 0.6 is 22.9 Å². The van der Waals surface area contributed by atoms with E-state index in [0.29, 0.717) is 33.1 Å². The summed E-state index contributed by atoms with van der Waals surface area (Å²) in [5, 5.41) is 16.7. The number of benzene rings is 1. The normalized spacial score (nSPS) is 15.6. The second-order valence-corrected chi connectivity index (χ2v) is 7.20. The van der Waals surface area contributed by atoms with Crippen molar-refractivity contribution in [2.75, 3.05) is 17.8 Å². The summed E-state index contributed by atoms with van der Waals surface area (Å²) in [6, 6.07) is 11.8. The van der Waals surface area contributed by atoms with Gasteiger partial charge in [0.25, 0.3) is 5.91 Å². The molecule has 2 N–H and O–H groups in total. The number of nitrogens with zero attached hydrogens (tertiary/aromatic N) is 2. The molecule has 136 valence electrons. The zero-order valence-corrected chi connectivity index (χ0v) is 15.9. The smallest absolute Gasteiger partial charge is 0.265 e. The molecule has 27 heavy (non-hydrogen) atoms. The summed E-state index contributed by atoms with van der Waals surface area (Å²) >= 11 is 7.22. The lowest BCUT2D eigenvalue weighted by Gasteiger charge is -2.24. The average molecular weight is 399 g/mol. The van der Waals surface area contributed by atoms with Crippen LogP contribution in [0.4, 0.5) is 5.69 Å². The van der Waals surface area contributed by atoms with Gasteiger partial charge in [0.2, 0.25) is 5.88 Å². The number of ether oxygens (including phenoxy) is 1. The SMILES string of the molecule is CCOc1nc2sc3c(c2c(-c2ccccc2)c1C#N)NC(CCl)NC3=O. The molecule has 4 rings (SSSR count). The van der Waals surface area contributed by atoms with Gasteiger partial charge >= 0.3 is 0 Å². The molecule has 1 aliphatic heterocycles. The second-order valence-electron chi connectivity index (χ2n) is 5.89. The van der Waals surface area contributed by atoms with E-state index in [0.717, 1.165) is 10.9 Å². The van der Waals surface area contributed by atoms with Gasteiger partial charge in [-0.3, -0.25) is 4.79 Å². The molecule has 1 amide bonds. The Morgan fingerprint density at radius 2 is 2.11 bits per heavy atom. The van der Waals surface area contributed by atoms with E-state index in [9.17, 15) is 10.1 Å². The number of carbonyl (C=O) groups excluding carboxylic acids is 1. The Bertz CT molecular complexity index is 1070. The van der Waals surface area contributed by atoms with Gasteiger partial charge in [0.1, 0.15) is 27.5 Å². The predicted molar refractivity (Wildman–Crippen MR) is 107 cm³/mol. The molecule has 0 aliphatic carbocycles. The van der Waals surface area contributed by atoms with Crippen LogP contribution in [0.5, 0.6) is 5.88 Å².